The molecule has 0 saturated carbocycles. The zero-order valence-electron chi connectivity index (χ0n) is 17.0. The fourth-order valence-corrected chi connectivity index (χ4v) is 6.03. The van der Waals surface area contributed by atoms with Crippen LogP contribution in [-0.4, -0.2) is 39.2 Å². The Morgan fingerprint density at radius 1 is 1.26 bits per heavy atom. The molecule has 2 aromatic rings. The van der Waals surface area contributed by atoms with Gasteiger partial charge in [0.05, 0.1) is 11.1 Å². The van der Waals surface area contributed by atoms with Crippen LogP contribution in [0.4, 0.5) is 0 Å². The summed E-state index contributed by atoms with van der Waals surface area (Å²) in [4.78, 5) is 34.5. The fourth-order valence-electron chi connectivity index (χ4n) is 3.93. The van der Waals surface area contributed by atoms with Crippen molar-refractivity contribution in [3.63, 3.8) is 0 Å². The van der Waals surface area contributed by atoms with Gasteiger partial charge in [0.15, 0.2) is 5.16 Å². The summed E-state index contributed by atoms with van der Waals surface area (Å²) >= 11 is 2.95. The average molecular weight is 408 g/mol. The molecule has 148 valence electrons. The van der Waals surface area contributed by atoms with E-state index in [1.807, 2.05) is 32.6 Å². The Morgan fingerprint density at radius 3 is 2.48 bits per heavy atom. The average Bonchev–Trinajstić information content (AvgIpc) is 2.85. The molecule has 5 nitrogen and oxygen atoms in total. The first kappa shape index (κ1) is 20.4. The molecule has 1 saturated heterocycles. The van der Waals surface area contributed by atoms with Crippen LogP contribution >= 0.6 is 23.1 Å². The molecule has 3 rings (SSSR count). The summed E-state index contributed by atoms with van der Waals surface area (Å²) in [6.45, 7) is 14.1. The second-order valence-corrected chi connectivity index (χ2v) is 10.3. The van der Waals surface area contributed by atoms with E-state index in [1.165, 1.54) is 18.2 Å². The van der Waals surface area contributed by atoms with Crippen LogP contribution in [0, 0.1) is 25.7 Å². The number of piperidine rings is 1. The Labute approximate surface area is 169 Å². The zero-order valence-corrected chi connectivity index (χ0v) is 18.7. The number of thiophene rings is 1. The SMILES string of the molecule is Cc1sc2nc(SCC(=O)N3C[C@@H](C)C[C@H](C)C3)n(C(C)C)c(=O)c2c1C. The standard InChI is InChI=1S/C20H29N3O2S2/c1-11(2)23-19(25)17-14(5)15(6)27-18(17)21-20(23)26-10-16(24)22-8-12(3)7-13(4)9-22/h11-13H,7-10H2,1-6H3/t12-,13-/m0/s1. The highest BCUT2D eigenvalue weighted by atomic mass is 32.2. The van der Waals surface area contributed by atoms with Gasteiger partial charge in [0.1, 0.15) is 4.83 Å². The Kier molecular flexibility index (Phi) is 6.01. The number of carbonyl (C=O) groups excluding carboxylic acids is 1. The molecule has 1 amide bonds. The Morgan fingerprint density at radius 2 is 1.89 bits per heavy atom. The predicted molar refractivity (Wildman–Crippen MR) is 114 cm³/mol. The minimum Gasteiger partial charge on any atom is -0.341 e. The van der Waals surface area contributed by atoms with Gasteiger partial charge < -0.3 is 4.90 Å². The third-order valence-corrected chi connectivity index (χ3v) is 7.30. The molecule has 0 bridgehead atoms. The summed E-state index contributed by atoms with van der Waals surface area (Å²) in [5.41, 5.74) is 1.03. The summed E-state index contributed by atoms with van der Waals surface area (Å²) in [6, 6.07) is 0.00152. The molecule has 3 heterocycles. The van der Waals surface area contributed by atoms with Crippen molar-refractivity contribution in [2.24, 2.45) is 11.8 Å². The van der Waals surface area contributed by atoms with E-state index in [4.69, 9.17) is 4.98 Å². The third kappa shape index (κ3) is 4.09. The maximum Gasteiger partial charge on any atom is 0.263 e. The molecule has 1 aliphatic rings. The molecule has 0 aromatic carbocycles. The Balaban J connectivity index is 1.87. The van der Waals surface area contributed by atoms with Gasteiger partial charge in [-0.3, -0.25) is 14.2 Å². The van der Waals surface area contributed by atoms with E-state index in [0.29, 0.717) is 22.7 Å². The van der Waals surface area contributed by atoms with Gasteiger partial charge in [-0.2, -0.15) is 0 Å². The number of aromatic nitrogens is 2. The molecule has 27 heavy (non-hydrogen) atoms. The van der Waals surface area contributed by atoms with E-state index in [2.05, 4.69) is 13.8 Å². The van der Waals surface area contributed by atoms with E-state index in [-0.39, 0.29) is 17.5 Å². The summed E-state index contributed by atoms with van der Waals surface area (Å²) in [6.07, 6.45) is 1.18. The first-order valence-electron chi connectivity index (χ1n) is 9.61. The molecule has 2 aromatic heterocycles. The number of thioether (sulfide) groups is 1. The van der Waals surface area contributed by atoms with E-state index in [0.717, 1.165) is 33.7 Å². The van der Waals surface area contributed by atoms with Crippen LogP contribution in [0.3, 0.4) is 0 Å². The van der Waals surface area contributed by atoms with Gasteiger partial charge in [-0.05, 0) is 51.5 Å². The van der Waals surface area contributed by atoms with Crippen LogP contribution in [-0.2, 0) is 4.79 Å². The van der Waals surface area contributed by atoms with E-state index in [9.17, 15) is 9.59 Å². The van der Waals surface area contributed by atoms with Gasteiger partial charge in [0.25, 0.3) is 5.56 Å². The molecule has 0 radical (unpaired) electrons. The number of likely N-dealkylation sites (tertiary alicyclic amines) is 1. The summed E-state index contributed by atoms with van der Waals surface area (Å²) in [7, 11) is 0. The predicted octanol–water partition coefficient (Wildman–Crippen LogP) is 4.25. The van der Waals surface area contributed by atoms with Crippen molar-refractivity contribution in [1.29, 1.82) is 0 Å². The number of hydrogen-bond acceptors (Lipinski definition) is 5. The first-order valence-corrected chi connectivity index (χ1v) is 11.4. The smallest absolute Gasteiger partial charge is 0.263 e. The van der Waals surface area contributed by atoms with Crippen molar-refractivity contribution in [3.8, 4) is 0 Å². The van der Waals surface area contributed by atoms with Gasteiger partial charge >= 0.3 is 0 Å². The topological polar surface area (TPSA) is 55.2 Å². The van der Waals surface area contributed by atoms with Gasteiger partial charge in [-0.1, -0.05) is 25.6 Å². The van der Waals surface area contributed by atoms with Crippen molar-refractivity contribution in [3.05, 3.63) is 20.8 Å². The minimum atomic E-state index is 0.00152. The van der Waals surface area contributed by atoms with Crippen LogP contribution in [0.25, 0.3) is 10.2 Å². The van der Waals surface area contributed by atoms with Crippen LogP contribution in [0.5, 0.6) is 0 Å². The maximum absolute atomic E-state index is 13.1. The molecule has 0 aliphatic carbocycles. The number of amides is 1. The van der Waals surface area contributed by atoms with Gasteiger partial charge in [0.2, 0.25) is 5.91 Å². The molecule has 0 N–H and O–H groups in total. The maximum atomic E-state index is 13.1. The molecule has 2 atom stereocenters. The number of rotatable bonds is 4. The molecule has 7 heteroatoms. The van der Waals surface area contributed by atoms with Crippen molar-refractivity contribution in [2.75, 3.05) is 18.8 Å². The number of fused-ring (bicyclic) bond motifs is 1. The number of aryl methyl sites for hydroxylation is 2. The molecular weight excluding hydrogens is 378 g/mol. The largest absolute Gasteiger partial charge is 0.341 e. The van der Waals surface area contributed by atoms with Crippen molar-refractivity contribution < 1.29 is 4.79 Å². The summed E-state index contributed by atoms with van der Waals surface area (Å²) in [5, 5.41) is 1.37. The zero-order chi connectivity index (χ0) is 19.9. The number of carbonyl (C=O) groups is 1. The minimum absolute atomic E-state index is 0.00152. The Bertz CT molecular complexity index is 906. The van der Waals surface area contributed by atoms with Gasteiger partial charge in [-0.15, -0.1) is 11.3 Å². The van der Waals surface area contributed by atoms with Crippen molar-refractivity contribution in [1.82, 2.24) is 14.5 Å². The van der Waals surface area contributed by atoms with Gasteiger partial charge in [-0.25, -0.2) is 4.98 Å². The monoisotopic (exact) mass is 407 g/mol. The van der Waals surface area contributed by atoms with E-state index in [1.54, 1.807) is 15.9 Å². The lowest BCUT2D eigenvalue weighted by Crippen LogP contribution is -2.43. The van der Waals surface area contributed by atoms with Crippen molar-refractivity contribution in [2.45, 2.75) is 59.2 Å². The molecule has 1 fully saturated rings. The lowest BCUT2D eigenvalue weighted by Gasteiger charge is -2.35. The highest BCUT2D eigenvalue weighted by Gasteiger charge is 2.26. The number of hydrogen-bond donors (Lipinski definition) is 0. The second kappa shape index (κ2) is 7.95. The molecule has 0 spiro atoms. The normalized spacial score (nSPS) is 20.6. The van der Waals surface area contributed by atoms with Crippen LogP contribution < -0.4 is 5.56 Å². The summed E-state index contributed by atoms with van der Waals surface area (Å²) in [5.74, 6) is 1.56. The second-order valence-electron chi connectivity index (χ2n) is 8.16. The van der Waals surface area contributed by atoms with Crippen LogP contribution in [0.1, 0.15) is 50.6 Å². The molecule has 1 aliphatic heterocycles. The lowest BCUT2D eigenvalue weighted by atomic mass is 9.92. The highest BCUT2D eigenvalue weighted by molar-refractivity contribution is 7.99. The van der Waals surface area contributed by atoms with Crippen molar-refractivity contribution >= 4 is 39.2 Å². The fraction of sp³-hybridized carbons (Fsp3) is 0.650. The number of nitrogens with zero attached hydrogens (tertiary/aromatic N) is 3. The Hall–Kier alpha value is -1.34. The highest BCUT2D eigenvalue weighted by Crippen LogP contribution is 2.30. The molecular formula is C20H29N3O2S2. The summed E-state index contributed by atoms with van der Waals surface area (Å²) < 4.78 is 1.74. The lowest BCUT2D eigenvalue weighted by molar-refractivity contribution is -0.130. The quantitative estimate of drug-likeness (QED) is 0.561. The van der Waals surface area contributed by atoms with Gasteiger partial charge in [0, 0.05) is 24.0 Å². The van der Waals surface area contributed by atoms with Crippen LogP contribution in [0.2, 0.25) is 0 Å². The van der Waals surface area contributed by atoms with E-state index < -0.39 is 0 Å². The molecule has 0 unspecified atom stereocenters. The first-order chi connectivity index (χ1) is 12.7. The third-order valence-electron chi connectivity index (χ3n) is 5.27. The van der Waals surface area contributed by atoms with E-state index >= 15 is 0 Å². The van der Waals surface area contributed by atoms with Crippen LogP contribution in [0.15, 0.2) is 9.95 Å².